The van der Waals surface area contributed by atoms with Gasteiger partial charge in [-0.3, -0.25) is 9.20 Å². The summed E-state index contributed by atoms with van der Waals surface area (Å²) in [6.45, 7) is 0. The fourth-order valence-corrected chi connectivity index (χ4v) is 2.45. The lowest BCUT2D eigenvalue weighted by molar-refractivity contribution is 1.19. The van der Waals surface area contributed by atoms with Gasteiger partial charge in [0.05, 0.1) is 16.4 Å². The maximum atomic E-state index is 12.0. The van der Waals surface area contributed by atoms with E-state index in [4.69, 9.17) is 0 Å². The van der Waals surface area contributed by atoms with Crippen molar-refractivity contribution >= 4 is 27.5 Å². The smallest absolute Gasteiger partial charge is 0.258 e. The lowest BCUT2D eigenvalue weighted by atomic mass is 10.2. The number of hydrogen-bond acceptors (Lipinski definition) is 1. The van der Waals surface area contributed by atoms with Gasteiger partial charge in [0.15, 0.2) is 0 Å². The Morgan fingerprint density at radius 1 is 0.944 bits per heavy atom. The molecule has 1 radical (unpaired) electrons. The molecule has 0 fully saturated rings. The molecule has 4 aromatic rings. The van der Waals surface area contributed by atoms with Gasteiger partial charge in [-0.25, -0.2) is 0 Å². The fourth-order valence-electron chi connectivity index (χ4n) is 2.45. The zero-order valence-electron chi connectivity index (χ0n) is 9.47. The number of aromatic amines is 1. The average Bonchev–Trinajstić information content (AvgIpc) is 2.77. The standard InChI is InChI=1S/C15H9N2O/c18-15-11-6-2-4-8-13(11)17-12-7-3-1-5-10(12)9-14(17)16-15/h1-8H,(H,16,18). The second kappa shape index (κ2) is 3.23. The average molecular weight is 233 g/mol. The van der Waals surface area contributed by atoms with Gasteiger partial charge < -0.3 is 4.98 Å². The minimum atomic E-state index is -0.0721. The monoisotopic (exact) mass is 233 g/mol. The Morgan fingerprint density at radius 2 is 1.67 bits per heavy atom. The van der Waals surface area contributed by atoms with E-state index < -0.39 is 0 Å². The first kappa shape index (κ1) is 9.48. The molecule has 3 nitrogen and oxygen atoms in total. The zero-order valence-corrected chi connectivity index (χ0v) is 9.47. The summed E-state index contributed by atoms with van der Waals surface area (Å²) in [6.07, 6.45) is 0. The van der Waals surface area contributed by atoms with E-state index in [0.717, 1.165) is 16.4 Å². The summed E-state index contributed by atoms with van der Waals surface area (Å²) in [5.74, 6) is 0. The molecule has 0 bridgehead atoms. The van der Waals surface area contributed by atoms with Crippen LogP contribution in [0.25, 0.3) is 27.5 Å². The molecule has 0 unspecified atom stereocenters. The Labute approximate surface area is 102 Å². The van der Waals surface area contributed by atoms with Crippen molar-refractivity contribution in [2.75, 3.05) is 0 Å². The summed E-state index contributed by atoms with van der Waals surface area (Å²) in [6, 6.07) is 18.8. The molecule has 2 aromatic heterocycles. The van der Waals surface area contributed by atoms with Crippen LogP contribution in [0.5, 0.6) is 0 Å². The Bertz CT molecular complexity index is 947. The number of benzene rings is 2. The van der Waals surface area contributed by atoms with Gasteiger partial charge in [0.1, 0.15) is 5.65 Å². The molecule has 1 N–H and O–H groups in total. The van der Waals surface area contributed by atoms with Gasteiger partial charge in [0.2, 0.25) is 0 Å². The van der Waals surface area contributed by atoms with Gasteiger partial charge in [-0.2, -0.15) is 0 Å². The number of H-pyrrole nitrogens is 1. The molecule has 0 aliphatic rings. The molecule has 2 aromatic carbocycles. The number of rotatable bonds is 0. The van der Waals surface area contributed by atoms with Crippen molar-refractivity contribution < 1.29 is 0 Å². The summed E-state index contributed by atoms with van der Waals surface area (Å²) in [4.78, 5) is 14.9. The van der Waals surface area contributed by atoms with Crippen LogP contribution in [-0.2, 0) is 0 Å². The molecule has 2 heterocycles. The van der Waals surface area contributed by atoms with Crippen molar-refractivity contribution in [3.05, 3.63) is 65.0 Å². The Balaban J connectivity index is 2.43. The summed E-state index contributed by atoms with van der Waals surface area (Å²) in [5, 5.41) is 1.70. The SMILES string of the molecule is O=c1[nH]c2[c]c3ccccc3n2c2ccccc12. The van der Waals surface area contributed by atoms with E-state index in [2.05, 4.69) is 11.1 Å². The van der Waals surface area contributed by atoms with Crippen molar-refractivity contribution in [1.29, 1.82) is 0 Å². The van der Waals surface area contributed by atoms with Crippen molar-refractivity contribution in [3.63, 3.8) is 0 Å². The molecule has 85 valence electrons. The highest BCUT2D eigenvalue weighted by atomic mass is 16.1. The molecular formula is C15H9N2O. The number of fused-ring (bicyclic) bond motifs is 5. The third kappa shape index (κ3) is 1.10. The van der Waals surface area contributed by atoms with Crippen LogP contribution in [0.2, 0.25) is 0 Å². The van der Waals surface area contributed by atoms with E-state index in [-0.39, 0.29) is 5.56 Å². The quantitative estimate of drug-likeness (QED) is 0.498. The van der Waals surface area contributed by atoms with Crippen LogP contribution in [0, 0.1) is 6.07 Å². The molecule has 0 spiro atoms. The van der Waals surface area contributed by atoms with Crippen LogP contribution in [0.1, 0.15) is 0 Å². The summed E-state index contributed by atoms with van der Waals surface area (Å²) in [5.41, 5.74) is 2.60. The van der Waals surface area contributed by atoms with Crippen LogP contribution in [0.3, 0.4) is 0 Å². The maximum Gasteiger partial charge on any atom is 0.258 e. The summed E-state index contributed by atoms with van der Waals surface area (Å²) in [7, 11) is 0. The van der Waals surface area contributed by atoms with Crippen molar-refractivity contribution in [3.8, 4) is 0 Å². The molecule has 0 saturated heterocycles. The van der Waals surface area contributed by atoms with Gasteiger partial charge in [0, 0.05) is 11.5 Å². The number of aromatic nitrogens is 2. The zero-order chi connectivity index (χ0) is 12.1. The number of hydrogen-bond donors (Lipinski definition) is 1. The molecular weight excluding hydrogens is 224 g/mol. The maximum absolute atomic E-state index is 12.0. The van der Waals surface area contributed by atoms with Crippen LogP contribution in [0.4, 0.5) is 0 Å². The summed E-state index contributed by atoms with van der Waals surface area (Å²) >= 11 is 0. The predicted octanol–water partition coefficient (Wildman–Crippen LogP) is 2.73. The normalized spacial score (nSPS) is 11.6. The van der Waals surface area contributed by atoms with Gasteiger partial charge in [-0.05, 0) is 18.2 Å². The molecule has 4 rings (SSSR count). The van der Waals surface area contributed by atoms with E-state index in [1.165, 1.54) is 0 Å². The molecule has 0 amide bonds. The second-order valence-corrected chi connectivity index (χ2v) is 4.30. The van der Waals surface area contributed by atoms with Crippen LogP contribution in [-0.4, -0.2) is 9.38 Å². The Hall–Kier alpha value is -2.55. The van der Waals surface area contributed by atoms with Crippen LogP contribution in [0.15, 0.2) is 53.3 Å². The van der Waals surface area contributed by atoms with Gasteiger partial charge >= 0.3 is 0 Å². The number of nitrogens with zero attached hydrogens (tertiary/aromatic N) is 1. The van der Waals surface area contributed by atoms with Crippen LogP contribution < -0.4 is 5.56 Å². The molecule has 0 aliphatic heterocycles. The second-order valence-electron chi connectivity index (χ2n) is 4.30. The molecule has 0 atom stereocenters. The highest BCUT2D eigenvalue weighted by Crippen LogP contribution is 2.21. The predicted molar refractivity (Wildman–Crippen MR) is 71.9 cm³/mol. The molecule has 0 saturated carbocycles. The largest absolute Gasteiger partial charge is 0.307 e. The molecule has 18 heavy (non-hydrogen) atoms. The minimum Gasteiger partial charge on any atom is -0.307 e. The lowest BCUT2D eigenvalue weighted by Crippen LogP contribution is -2.08. The van der Waals surface area contributed by atoms with Gasteiger partial charge in [-0.15, -0.1) is 0 Å². The molecule has 0 aliphatic carbocycles. The van der Waals surface area contributed by atoms with E-state index in [0.29, 0.717) is 11.0 Å². The summed E-state index contributed by atoms with van der Waals surface area (Å²) < 4.78 is 2.03. The fraction of sp³-hybridized carbons (Fsp3) is 0. The number of nitrogens with one attached hydrogen (secondary N) is 1. The van der Waals surface area contributed by atoms with Gasteiger partial charge in [0.25, 0.3) is 5.56 Å². The Morgan fingerprint density at radius 3 is 2.56 bits per heavy atom. The highest BCUT2D eigenvalue weighted by molar-refractivity contribution is 5.92. The number of para-hydroxylation sites is 2. The van der Waals surface area contributed by atoms with Crippen molar-refractivity contribution in [2.45, 2.75) is 0 Å². The lowest BCUT2D eigenvalue weighted by Gasteiger charge is -2.03. The minimum absolute atomic E-state index is 0.0721. The highest BCUT2D eigenvalue weighted by Gasteiger charge is 2.08. The third-order valence-electron chi connectivity index (χ3n) is 3.24. The molecule has 3 heteroatoms. The van der Waals surface area contributed by atoms with Crippen LogP contribution >= 0.6 is 0 Å². The van der Waals surface area contributed by atoms with E-state index in [9.17, 15) is 4.79 Å². The topological polar surface area (TPSA) is 37.3 Å². The van der Waals surface area contributed by atoms with E-state index >= 15 is 0 Å². The first-order chi connectivity index (χ1) is 8.84. The first-order valence-corrected chi connectivity index (χ1v) is 5.78. The first-order valence-electron chi connectivity index (χ1n) is 5.78. The third-order valence-corrected chi connectivity index (χ3v) is 3.24. The van der Waals surface area contributed by atoms with Crippen molar-refractivity contribution in [2.24, 2.45) is 0 Å². The van der Waals surface area contributed by atoms with E-state index in [1.54, 1.807) is 0 Å². The van der Waals surface area contributed by atoms with Gasteiger partial charge in [-0.1, -0.05) is 30.3 Å². The van der Waals surface area contributed by atoms with Crippen molar-refractivity contribution in [1.82, 2.24) is 9.38 Å². The van der Waals surface area contributed by atoms with E-state index in [1.807, 2.05) is 52.9 Å². The Kier molecular flexibility index (Phi) is 1.70.